The lowest BCUT2D eigenvalue weighted by atomic mass is 9.64. The number of hydrogen-bond donors (Lipinski definition) is 1. The van der Waals surface area contributed by atoms with Gasteiger partial charge in [-0.25, -0.2) is 4.39 Å². The van der Waals surface area contributed by atoms with Crippen molar-refractivity contribution in [2.45, 2.75) is 37.6 Å². The largest absolute Gasteiger partial charge is 0.312 e. The number of halogens is 1. The van der Waals surface area contributed by atoms with Gasteiger partial charge in [-0.3, -0.25) is 4.79 Å². The van der Waals surface area contributed by atoms with Crippen molar-refractivity contribution in [1.82, 2.24) is 5.32 Å². The molecule has 120 valence electrons. The van der Waals surface area contributed by atoms with Crippen LogP contribution < -0.4 is 5.32 Å². The zero-order chi connectivity index (χ0) is 16.3. The molecule has 0 amide bonds. The molecule has 0 saturated carbocycles. The Hall–Kier alpha value is -2.00. The minimum atomic E-state index is -0.768. The fourth-order valence-electron chi connectivity index (χ4n) is 3.86. The first-order valence-corrected chi connectivity index (χ1v) is 8.21. The normalized spacial score (nSPS) is 20.7. The SMILES string of the molecule is CC(=O)C(c1ccccc1)(c1ccc(F)cc1)C1CCCCN1. The minimum Gasteiger partial charge on any atom is -0.312 e. The van der Waals surface area contributed by atoms with Crippen LogP contribution in [0.4, 0.5) is 4.39 Å². The summed E-state index contributed by atoms with van der Waals surface area (Å²) in [6, 6.07) is 16.3. The summed E-state index contributed by atoms with van der Waals surface area (Å²) in [5.41, 5.74) is 1.06. The predicted octanol–water partition coefficient (Wildman–Crippen LogP) is 3.84. The zero-order valence-electron chi connectivity index (χ0n) is 13.4. The number of benzene rings is 2. The Kier molecular flexibility index (Phi) is 4.58. The monoisotopic (exact) mass is 311 g/mol. The first-order chi connectivity index (χ1) is 11.2. The molecule has 1 N–H and O–H groups in total. The molecule has 3 heteroatoms. The fraction of sp³-hybridized carbons (Fsp3) is 0.350. The van der Waals surface area contributed by atoms with E-state index in [2.05, 4.69) is 5.32 Å². The van der Waals surface area contributed by atoms with Gasteiger partial charge in [0.1, 0.15) is 11.6 Å². The van der Waals surface area contributed by atoms with Crippen molar-refractivity contribution in [2.24, 2.45) is 0 Å². The number of nitrogens with one attached hydrogen (secondary N) is 1. The van der Waals surface area contributed by atoms with Crippen LogP contribution in [-0.2, 0) is 10.2 Å². The predicted molar refractivity (Wildman–Crippen MR) is 89.9 cm³/mol. The van der Waals surface area contributed by atoms with Crippen LogP contribution in [0, 0.1) is 5.82 Å². The number of rotatable bonds is 4. The maximum Gasteiger partial charge on any atom is 0.146 e. The number of carbonyl (C=O) groups excluding carboxylic acids is 1. The highest BCUT2D eigenvalue weighted by Gasteiger charge is 2.46. The maximum absolute atomic E-state index is 13.4. The van der Waals surface area contributed by atoms with Crippen LogP contribution in [0.2, 0.25) is 0 Å². The van der Waals surface area contributed by atoms with E-state index in [1.165, 1.54) is 12.1 Å². The highest BCUT2D eigenvalue weighted by atomic mass is 19.1. The Morgan fingerprint density at radius 1 is 1.04 bits per heavy atom. The highest BCUT2D eigenvalue weighted by molar-refractivity contribution is 5.93. The van der Waals surface area contributed by atoms with Crippen LogP contribution in [-0.4, -0.2) is 18.4 Å². The molecule has 2 aromatic rings. The summed E-state index contributed by atoms with van der Waals surface area (Å²) in [5.74, 6) is -0.189. The van der Waals surface area contributed by atoms with Crippen molar-refractivity contribution in [1.29, 1.82) is 0 Å². The van der Waals surface area contributed by atoms with Crippen LogP contribution in [0.1, 0.15) is 37.3 Å². The third-order valence-electron chi connectivity index (χ3n) is 4.92. The summed E-state index contributed by atoms with van der Waals surface area (Å²) in [6.45, 7) is 2.56. The lowest BCUT2D eigenvalue weighted by Gasteiger charge is -2.42. The molecule has 1 fully saturated rings. The average Bonchev–Trinajstić information content (AvgIpc) is 2.59. The topological polar surface area (TPSA) is 29.1 Å². The second-order valence-corrected chi connectivity index (χ2v) is 6.24. The van der Waals surface area contributed by atoms with Crippen LogP contribution in [0.15, 0.2) is 54.6 Å². The maximum atomic E-state index is 13.4. The van der Waals surface area contributed by atoms with Gasteiger partial charge in [0.05, 0.1) is 5.41 Å². The molecule has 3 rings (SSSR count). The molecule has 0 radical (unpaired) electrons. The summed E-state index contributed by atoms with van der Waals surface area (Å²) >= 11 is 0. The molecule has 2 nitrogen and oxygen atoms in total. The Labute approximate surface area is 136 Å². The summed E-state index contributed by atoms with van der Waals surface area (Å²) in [4.78, 5) is 12.9. The molecule has 1 aliphatic rings. The van der Waals surface area contributed by atoms with E-state index in [9.17, 15) is 9.18 Å². The summed E-state index contributed by atoms with van der Waals surface area (Å²) < 4.78 is 13.4. The van der Waals surface area contributed by atoms with Gasteiger partial charge >= 0.3 is 0 Å². The Balaban J connectivity index is 2.21. The van der Waals surface area contributed by atoms with E-state index in [-0.39, 0.29) is 17.6 Å². The summed E-state index contributed by atoms with van der Waals surface area (Å²) in [7, 11) is 0. The molecule has 2 aromatic carbocycles. The van der Waals surface area contributed by atoms with Crippen LogP contribution in [0.3, 0.4) is 0 Å². The summed E-state index contributed by atoms with van der Waals surface area (Å²) in [5, 5.41) is 3.54. The van der Waals surface area contributed by atoms with E-state index in [0.29, 0.717) is 0 Å². The quantitative estimate of drug-likeness (QED) is 0.929. The van der Waals surface area contributed by atoms with Crippen molar-refractivity contribution in [3.05, 3.63) is 71.5 Å². The molecule has 0 bridgehead atoms. The van der Waals surface area contributed by atoms with Gasteiger partial charge in [0, 0.05) is 6.04 Å². The second-order valence-electron chi connectivity index (χ2n) is 6.24. The van der Waals surface area contributed by atoms with Gasteiger partial charge in [0.2, 0.25) is 0 Å². The molecule has 23 heavy (non-hydrogen) atoms. The molecule has 1 heterocycles. The van der Waals surface area contributed by atoms with Gasteiger partial charge in [0.15, 0.2) is 0 Å². The van der Waals surface area contributed by atoms with Crippen molar-refractivity contribution >= 4 is 5.78 Å². The number of Topliss-reactive ketones (excluding diaryl/α,β-unsaturated/α-hetero) is 1. The van der Waals surface area contributed by atoms with Crippen LogP contribution >= 0.6 is 0 Å². The third kappa shape index (κ3) is 2.81. The number of ketones is 1. The second kappa shape index (κ2) is 6.63. The molecule has 1 saturated heterocycles. The van der Waals surface area contributed by atoms with Crippen molar-refractivity contribution < 1.29 is 9.18 Å². The molecule has 0 aromatic heterocycles. The molecule has 2 atom stereocenters. The van der Waals surface area contributed by atoms with E-state index in [1.807, 2.05) is 30.3 Å². The van der Waals surface area contributed by atoms with Gasteiger partial charge in [-0.2, -0.15) is 0 Å². The van der Waals surface area contributed by atoms with Crippen LogP contribution in [0.25, 0.3) is 0 Å². The first-order valence-electron chi connectivity index (χ1n) is 8.21. The van der Waals surface area contributed by atoms with Crippen molar-refractivity contribution in [3.8, 4) is 0 Å². The lowest BCUT2D eigenvalue weighted by molar-refractivity contribution is -0.122. The van der Waals surface area contributed by atoms with Crippen LogP contribution in [0.5, 0.6) is 0 Å². The summed E-state index contributed by atoms with van der Waals surface area (Å²) in [6.07, 6.45) is 3.16. The smallest absolute Gasteiger partial charge is 0.146 e. The average molecular weight is 311 g/mol. The molecule has 0 aliphatic carbocycles. The van der Waals surface area contributed by atoms with E-state index in [0.717, 1.165) is 36.9 Å². The number of carbonyl (C=O) groups is 1. The Bertz CT molecular complexity index is 662. The van der Waals surface area contributed by atoms with Gasteiger partial charge in [-0.1, -0.05) is 48.9 Å². The Morgan fingerprint density at radius 2 is 1.70 bits per heavy atom. The van der Waals surface area contributed by atoms with Gasteiger partial charge in [-0.05, 0) is 49.6 Å². The first kappa shape index (κ1) is 15.9. The lowest BCUT2D eigenvalue weighted by Crippen LogP contribution is -2.55. The number of piperidine rings is 1. The standard InChI is InChI=1S/C20H22FNO/c1-15(23)20(16-7-3-2-4-8-16,19-9-5-6-14-22-19)17-10-12-18(21)13-11-17/h2-4,7-8,10-13,19,22H,5-6,9,14H2,1H3. The highest BCUT2D eigenvalue weighted by Crippen LogP contribution is 2.39. The molecular formula is C20H22FNO. The van der Waals surface area contributed by atoms with Gasteiger partial charge in [-0.15, -0.1) is 0 Å². The third-order valence-corrected chi connectivity index (χ3v) is 4.92. The molecule has 1 aliphatic heterocycles. The van der Waals surface area contributed by atoms with E-state index < -0.39 is 5.41 Å². The minimum absolute atomic E-state index is 0.0293. The van der Waals surface area contributed by atoms with Gasteiger partial charge in [0.25, 0.3) is 0 Å². The van der Waals surface area contributed by atoms with Gasteiger partial charge < -0.3 is 5.32 Å². The Morgan fingerprint density at radius 3 is 2.26 bits per heavy atom. The number of hydrogen-bond acceptors (Lipinski definition) is 2. The van der Waals surface area contributed by atoms with E-state index in [4.69, 9.17) is 0 Å². The molecular weight excluding hydrogens is 289 g/mol. The van der Waals surface area contributed by atoms with Crippen molar-refractivity contribution in [3.63, 3.8) is 0 Å². The molecule has 0 spiro atoms. The fourth-order valence-corrected chi connectivity index (χ4v) is 3.86. The zero-order valence-corrected chi connectivity index (χ0v) is 13.4. The van der Waals surface area contributed by atoms with Crippen molar-refractivity contribution in [2.75, 3.05) is 6.54 Å². The van der Waals surface area contributed by atoms with E-state index >= 15 is 0 Å². The molecule has 2 unspecified atom stereocenters. The van der Waals surface area contributed by atoms with E-state index in [1.54, 1.807) is 19.1 Å².